The molecule has 1 aromatic heterocycles. The molecule has 30 heavy (non-hydrogen) atoms. The fourth-order valence-electron chi connectivity index (χ4n) is 4.24. The van der Waals surface area contributed by atoms with Crippen molar-refractivity contribution >= 4 is 34.0 Å². The van der Waals surface area contributed by atoms with Gasteiger partial charge in [0.2, 0.25) is 5.78 Å². The molecule has 4 rings (SSSR count). The van der Waals surface area contributed by atoms with Crippen LogP contribution in [0.3, 0.4) is 0 Å². The molecule has 1 aliphatic carbocycles. The maximum Gasteiger partial charge on any atom is 0.236 e. The number of halogens is 1. The molecule has 0 unspecified atom stereocenters. The summed E-state index contributed by atoms with van der Waals surface area (Å²) in [6.07, 6.45) is 2.45. The van der Waals surface area contributed by atoms with Crippen LogP contribution in [-0.4, -0.2) is 10.4 Å². The number of carbonyl (C=O) groups is 1. The van der Waals surface area contributed by atoms with Gasteiger partial charge in [-0.25, -0.2) is 0 Å². The zero-order valence-corrected chi connectivity index (χ0v) is 18.0. The second-order valence-corrected chi connectivity index (χ2v) is 8.61. The van der Waals surface area contributed by atoms with E-state index in [-0.39, 0.29) is 6.42 Å². The fourth-order valence-corrected chi connectivity index (χ4v) is 4.37. The third kappa shape index (κ3) is 3.51. The lowest BCUT2D eigenvalue weighted by atomic mass is 9.88. The lowest BCUT2D eigenvalue weighted by Gasteiger charge is -2.19. The van der Waals surface area contributed by atoms with E-state index in [9.17, 15) is 4.79 Å². The van der Waals surface area contributed by atoms with E-state index in [1.807, 2.05) is 31.2 Å². The molecule has 4 nitrogen and oxygen atoms in total. The third-order valence-corrected chi connectivity index (χ3v) is 6.35. The number of fused-ring (bicyclic) bond motifs is 1. The Morgan fingerprint density at radius 2 is 1.97 bits per heavy atom. The number of rotatable bonds is 6. The van der Waals surface area contributed by atoms with Gasteiger partial charge in [0.05, 0.1) is 11.2 Å². The number of nitriles is 1. The predicted octanol–water partition coefficient (Wildman–Crippen LogP) is 5.76. The zero-order chi connectivity index (χ0) is 21.6. The molecule has 5 heteroatoms. The van der Waals surface area contributed by atoms with Crippen LogP contribution in [0.5, 0.6) is 0 Å². The van der Waals surface area contributed by atoms with E-state index in [1.165, 1.54) is 18.4 Å². The number of nitrogens with zero attached hydrogens (tertiary/aromatic N) is 2. The molecule has 0 bridgehead atoms. The summed E-state index contributed by atoms with van der Waals surface area (Å²) in [5.74, 6) is 0.123. The van der Waals surface area contributed by atoms with Crippen molar-refractivity contribution in [2.45, 2.75) is 39.7 Å². The van der Waals surface area contributed by atoms with E-state index in [1.54, 1.807) is 6.07 Å². The summed E-state index contributed by atoms with van der Waals surface area (Å²) in [5, 5.41) is 10.7. The molecule has 1 saturated carbocycles. The lowest BCUT2D eigenvalue weighted by molar-refractivity contribution is -0.113. The Balaban J connectivity index is 2.01. The summed E-state index contributed by atoms with van der Waals surface area (Å²) >= 11 is 6.11. The highest BCUT2D eigenvalue weighted by molar-refractivity contribution is 6.30. The number of ketones is 1. The summed E-state index contributed by atoms with van der Waals surface area (Å²) in [7, 11) is 0. The van der Waals surface area contributed by atoms with Crippen LogP contribution in [0.15, 0.2) is 42.5 Å². The monoisotopic (exact) mass is 417 g/mol. The first kappa shape index (κ1) is 20.3. The maximum absolute atomic E-state index is 12.1. The van der Waals surface area contributed by atoms with E-state index >= 15 is 0 Å². The van der Waals surface area contributed by atoms with E-state index in [2.05, 4.69) is 24.1 Å². The third-order valence-electron chi connectivity index (χ3n) is 6.10. The summed E-state index contributed by atoms with van der Waals surface area (Å²) in [6.45, 7) is 9.03. The Morgan fingerprint density at radius 1 is 1.30 bits per heavy atom. The zero-order valence-electron chi connectivity index (χ0n) is 17.3. The van der Waals surface area contributed by atoms with E-state index in [0.29, 0.717) is 16.6 Å². The topological polar surface area (TPSA) is 71.8 Å². The van der Waals surface area contributed by atoms with Crippen LogP contribution in [-0.2, 0) is 17.8 Å². The molecule has 0 atom stereocenters. The molecular formula is C25H24ClN3O. The Morgan fingerprint density at radius 3 is 2.57 bits per heavy atom. The molecule has 0 spiro atoms. The molecule has 0 radical (unpaired) electrons. The summed E-state index contributed by atoms with van der Waals surface area (Å²) in [6, 6.07) is 11.4. The van der Waals surface area contributed by atoms with Gasteiger partial charge in [0.15, 0.2) is 0 Å². The second kappa shape index (κ2) is 7.66. The molecule has 0 aliphatic heterocycles. The minimum Gasteiger partial charge on any atom is -0.397 e. The first-order valence-corrected chi connectivity index (χ1v) is 10.5. The number of aryl methyl sites for hydroxylation is 1. The van der Waals surface area contributed by atoms with Gasteiger partial charge in [0.25, 0.3) is 0 Å². The van der Waals surface area contributed by atoms with Gasteiger partial charge in [-0.15, -0.1) is 0 Å². The molecule has 152 valence electrons. The van der Waals surface area contributed by atoms with Crippen LogP contribution in [0, 0.1) is 31.1 Å². The van der Waals surface area contributed by atoms with E-state index < -0.39 is 5.78 Å². The number of carbonyl (C=O) groups excluding carboxylic acids is 1. The highest BCUT2D eigenvalue weighted by atomic mass is 35.5. The quantitative estimate of drug-likeness (QED) is 0.314. The second-order valence-electron chi connectivity index (χ2n) is 8.18. The van der Waals surface area contributed by atoms with Crippen molar-refractivity contribution in [3.8, 4) is 17.2 Å². The minimum absolute atomic E-state index is 0.0272. The average Bonchev–Trinajstić information content (AvgIpc) is 3.52. The largest absolute Gasteiger partial charge is 0.397 e. The smallest absolute Gasteiger partial charge is 0.236 e. The van der Waals surface area contributed by atoms with Crippen molar-refractivity contribution in [2.24, 2.45) is 5.92 Å². The number of benzene rings is 2. The molecular weight excluding hydrogens is 394 g/mol. The normalized spacial score (nSPS) is 13.4. The summed E-state index contributed by atoms with van der Waals surface area (Å²) < 4.78 is 2.23. The van der Waals surface area contributed by atoms with E-state index in [0.717, 1.165) is 45.4 Å². The predicted molar refractivity (Wildman–Crippen MR) is 122 cm³/mol. The van der Waals surface area contributed by atoms with Crippen LogP contribution >= 0.6 is 11.6 Å². The molecule has 0 amide bonds. The Hall–Kier alpha value is -3.03. The SMILES string of the molecule is C=C(Cn1c(C)cc2c(-c3ccc(Cl)cc3)c(CC(=O)C#N)c(C)c(N)c21)C1CC1. The van der Waals surface area contributed by atoms with Gasteiger partial charge in [-0.2, -0.15) is 5.26 Å². The van der Waals surface area contributed by atoms with Crippen molar-refractivity contribution in [1.82, 2.24) is 4.57 Å². The van der Waals surface area contributed by atoms with Crippen molar-refractivity contribution in [1.29, 1.82) is 5.26 Å². The summed E-state index contributed by atoms with van der Waals surface area (Å²) in [4.78, 5) is 12.1. The van der Waals surface area contributed by atoms with Crippen LogP contribution in [0.25, 0.3) is 22.0 Å². The van der Waals surface area contributed by atoms with Crippen LogP contribution in [0.1, 0.15) is 29.7 Å². The van der Waals surface area contributed by atoms with Gasteiger partial charge in [0, 0.05) is 29.1 Å². The molecule has 3 aromatic rings. The molecule has 1 heterocycles. The average molecular weight is 418 g/mol. The van der Waals surface area contributed by atoms with Crippen molar-refractivity contribution in [3.05, 3.63) is 64.3 Å². The number of hydrogen-bond donors (Lipinski definition) is 1. The van der Waals surface area contributed by atoms with Gasteiger partial charge in [-0.1, -0.05) is 35.9 Å². The maximum atomic E-state index is 12.1. The van der Waals surface area contributed by atoms with Gasteiger partial charge >= 0.3 is 0 Å². The highest BCUT2D eigenvalue weighted by Crippen LogP contribution is 2.42. The van der Waals surface area contributed by atoms with Gasteiger partial charge in [-0.3, -0.25) is 4.79 Å². The van der Waals surface area contributed by atoms with Gasteiger partial charge < -0.3 is 10.3 Å². The Kier molecular flexibility index (Phi) is 5.17. The number of allylic oxidation sites excluding steroid dienone is 1. The van der Waals surface area contributed by atoms with Gasteiger partial charge in [0.1, 0.15) is 6.07 Å². The standard InChI is InChI=1S/C25H24ClN3O/c1-14(17-4-5-17)13-29-15(2)10-22-23(18-6-8-19(26)9-7-18)21(11-20(30)12-27)16(3)24(28)25(22)29/h6-10,17H,1,4-5,11,13,28H2,2-3H3. The van der Waals surface area contributed by atoms with Crippen molar-refractivity contribution < 1.29 is 4.79 Å². The molecule has 0 saturated heterocycles. The Bertz CT molecular complexity index is 1220. The fraction of sp³-hybridized carbons (Fsp3) is 0.280. The molecule has 2 aromatic carbocycles. The van der Waals surface area contributed by atoms with Crippen LogP contribution in [0.4, 0.5) is 5.69 Å². The first-order valence-electron chi connectivity index (χ1n) is 10.1. The number of anilines is 1. The number of nitrogens with two attached hydrogens (primary N) is 1. The number of nitrogen functional groups attached to an aromatic ring is 1. The van der Waals surface area contributed by atoms with Crippen LogP contribution in [0.2, 0.25) is 5.02 Å². The number of Topliss-reactive ketones (excluding diaryl/α,β-unsaturated/α-hetero) is 1. The highest BCUT2D eigenvalue weighted by Gasteiger charge is 2.27. The molecule has 2 N–H and O–H groups in total. The summed E-state index contributed by atoms with van der Waals surface area (Å²) in [5.41, 5.74) is 14.1. The van der Waals surface area contributed by atoms with Gasteiger partial charge in [-0.05, 0) is 73.1 Å². The molecule has 1 fully saturated rings. The number of hydrogen-bond acceptors (Lipinski definition) is 3. The number of aromatic nitrogens is 1. The first-order chi connectivity index (χ1) is 14.3. The Labute approximate surface area is 181 Å². The van der Waals surface area contributed by atoms with E-state index in [4.69, 9.17) is 22.6 Å². The van der Waals surface area contributed by atoms with Crippen LogP contribution < -0.4 is 5.73 Å². The van der Waals surface area contributed by atoms with Crippen molar-refractivity contribution in [3.63, 3.8) is 0 Å². The van der Waals surface area contributed by atoms with Crippen molar-refractivity contribution in [2.75, 3.05) is 5.73 Å². The minimum atomic E-state index is -0.481. The molecule has 1 aliphatic rings. The lowest BCUT2D eigenvalue weighted by Crippen LogP contribution is -2.09.